The van der Waals surface area contributed by atoms with Crippen molar-refractivity contribution >= 4 is 27.7 Å². The van der Waals surface area contributed by atoms with Crippen molar-refractivity contribution in [1.82, 2.24) is 14.9 Å². The van der Waals surface area contributed by atoms with Gasteiger partial charge in [-0.2, -0.15) is 0 Å². The lowest BCUT2D eigenvalue weighted by molar-refractivity contribution is 0.0745. The van der Waals surface area contributed by atoms with Crippen molar-refractivity contribution in [3.05, 3.63) is 52.4 Å². The fraction of sp³-hybridized carbons (Fsp3) is 0.312. The number of piperazine rings is 1. The second kappa shape index (κ2) is 6.44. The Balaban J connectivity index is 1.67. The topological polar surface area (TPSA) is 49.3 Å². The summed E-state index contributed by atoms with van der Waals surface area (Å²) in [5, 5.41) is 0. The highest BCUT2D eigenvalue weighted by Crippen LogP contribution is 2.20. The van der Waals surface area contributed by atoms with Gasteiger partial charge in [0, 0.05) is 42.4 Å². The minimum Gasteiger partial charge on any atom is -0.353 e. The monoisotopic (exact) mass is 360 g/mol. The Labute approximate surface area is 138 Å². The highest BCUT2D eigenvalue weighted by molar-refractivity contribution is 9.10. The number of aromatic nitrogens is 2. The molecule has 5 nitrogen and oxygen atoms in total. The van der Waals surface area contributed by atoms with E-state index < -0.39 is 0 Å². The van der Waals surface area contributed by atoms with Gasteiger partial charge in [-0.1, -0.05) is 12.1 Å². The van der Waals surface area contributed by atoms with Crippen molar-refractivity contribution in [2.24, 2.45) is 0 Å². The summed E-state index contributed by atoms with van der Waals surface area (Å²) in [4.78, 5) is 25.1. The van der Waals surface area contributed by atoms with Crippen LogP contribution in [0.15, 0.2) is 41.1 Å². The second-order valence-corrected chi connectivity index (χ2v) is 6.13. The average molecular weight is 361 g/mol. The zero-order chi connectivity index (χ0) is 15.5. The first-order valence-electron chi connectivity index (χ1n) is 7.22. The van der Waals surface area contributed by atoms with Crippen LogP contribution in [0.4, 0.5) is 5.82 Å². The number of carbonyl (C=O) groups excluding carboxylic acids is 1. The van der Waals surface area contributed by atoms with Crippen LogP contribution in [0.3, 0.4) is 0 Å². The lowest BCUT2D eigenvalue weighted by Gasteiger charge is -2.35. The van der Waals surface area contributed by atoms with Gasteiger partial charge in [0.05, 0.1) is 5.56 Å². The van der Waals surface area contributed by atoms with Gasteiger partial charge in [0.2, 0.25) is 0 Å². The highest BCUT2D eigenvalue weighted by atomic mass is 79.9. The van der Waals surface area contributed by atoms with Gasteiger partial charge in [-0.05, 0) is 35.0 Å². The number of aryl methyl sites for hydroxylation is 1. The molecule has 0 aliphatic carbocycles. The molecule has 1 aliphatic heterocycles. The number of anilines is 1. The number of hydrogen-bond donors (Lipinski definition) is 0. The molecule has 0 bridgehead atoms. The Morgan fingerprint density at radius 3 is 2.55 bits per heavy atom. The normalized spacial score (nSPS) is 15.0. The summed E-state index contributed by atoms with van der Waals surface area (Å²) in [6.45, 7) is 4.92. The van der Waals surface area contributed by atoms with E-state index in [0.717, 1.165) is 29.1 Å². The molecule has 1 fully saturated rings. The van der Waals surface area contributed by atoms with Crippen molar-refractivity contribution in [3.63, 3.8) is 0 Å². The van der Waals surface area contributed by atoms with Gasteiger partial charge >= 0.3 is 0 Å². The maximum Gasteiger partial charge on any atom is 0.255 e. The van der Waals surface area contributed by atoms with Gasteiger partial charge < -0.3 is 9.80 Å². The summed E-state index contributed by atoms with van der Waals surface area (Å²) in [6.07, 6.45) is 1.59. The Kier molecular flexibility index (Phi) is 4.38. The third-order valence-electron chi connectivity index (χ3n) is 3.78. The largest absolute Gasteiger partial charge is 0.353 e. The van der Waals surface area contributed by atoms with E-state index in [0.29, 0.717) is 18.7 Å². The summed E-state index contributed by atoms with van der Waals surface area (Å²) in [7, 11) is 0. The molecule has 1 aliphatic rings. The third-order valence-corrected chi connectivity index (χ3v) is 4.48. The molecule has 22 heavy (non-hydrogen) atoms. The number of rotatable bonds is 2. The lowest BCUT2D eigenvalue weighted by atomic mass is 10.2. The zero-order valence-electron chi connectivity index (χ0n) is 12.4. The number of hydrogen-bond acceptors (Lipinski definition) is 4. The Morgan fingerprint density at radius 1 is 1.14 bits per heavy atom. The van der Waals surface area contributed by atoms with Crippen LogP contribution in [0.2, 0.25) is 0 Å². The van der Waals surface area contributed by atoms with Crippen molar-refractivity contribution in [3.8, 4) is 0 Å². The van der Waals surface area contributed by atoms with E-state index in [9.17, 15) is 4.79 Å². The summed E-state index contributed by atoms with van der Waals surface area (Å²) < 4.78 is 0.842. The first-order chi connectivity index (χ1) is 10.6. The van der Waals surface area contributed by atoms with E-state index in [1.807, 2.05) is 42.2 Å². The smallest absolute Gasteiger partial charge is 0.255 e. The van der Waals surface area contributed by atoms with E-state index in [2.05, 4.69) is 30.8 Å². The van der Waals surface area contributed by atoms with Crippen LogP contribution >= 0.6 is 15.9 Å². The van der Waals surface area contributed by atoms with Gasteiger partial charge in [-0.15, -0.1) is 0 Å². The maximum atomic E-state index is 12.6. The number of nitrogens with zero attached hydrogens (tertiary/aromatic N) is 4. The molecule has 0 radical (unpaired) electrons. The molecule has 0 spiro atoms. The molecule has 0 atom stereocenters. The van der Waals surface area contributed by atoms with Crippen LogP contribution in [-0.4, -0.2) is 47.0 Å². The summed E-state index contributed by atoms with van der Waals surface area (Å²) in [5.41, 5.74) is 1.67. The first-order valence-corrected chi connectivity index (χ1v) is 8.02. The average Bonchev–Trinajstić information content (AvgIpc) is 2.55. The van der Waals surface area contributed by atoms with Gasteiger partial charge in [-0.3, -0.25) is 4.79 Å². The van der Waals surface area contributed by atoms with Gasteiger partial charge in [0.1, 0.15) is 12.1 Å². The summed E-state index contributed by atoms with van der Waals surface area (Å²) in [6, 6.07) is 9.53. The van der Waals surface area contributed by atoms with E-state index in [-0.39, 0.29) is 5.91 Å². The Bertz CT molecular complexity index is 683. The van der Waals surface area contributed by atoms with Crippen molar-refractivity contribution in [2.75, 3.05) is 31.1 Å². The van der Waals surface area contributed by atoms with E-state index >= 15 is 0 Å². The predicted octanol–water partition coefficient (Wildman–Crippen LogP) is 2.51. The molecular weight excluding hydrogens is 344 g/mol. The maximum absolute atomic E-state index is 12.6. The van der Waals surface area contributed by atoms with E-state index in [1.165, 1.54) is 0 Å². The van der Waals surface area contributed by atoms with Crippen molar-refractivity contribution in [1.29, 1.82) is 0 Å². The highest BCUT2D eigenvalue weighted by Gasteiger charge is 2.23. The van der Waals surface area contributed by atoms with Crippen LogP contribution in [0.5, 0.6) is 0 Å². The lowest BCUT2D eigenvalue weighted by Crippen LogP contribution is -2.49. The first kappa shape index (κ1) is 15.0. The zero-order valence-corrected chi connectivity index (χ0v) is 14.0. The minimum absolute atomic E-state index is 0.0750. The quantitative estimate of drug-likeness (QED) is 0.825. The van der Waals surface area contributed by atoms with Crippen LogP contribution < -0.4 is 4.90 Å². The molecule has 1 amide bonds. The van der Waals surface area contributed by atoms with E-state index in [1.54, 1.807) is 6.33 Å². The number of halogens is 1. The SMILES string of the molecule is Cc1cc(N2CCN(C(=O)c3ccccc3Br)CC2)ncn1. The molecule has 2 heterocycles. The fourth-order valence-electron chi connectivity index (χ4n) is 2.56. The Hall–Kier alpha value is -1.95. The molecular formula is C16H17BrN4O. The molecule has 0 N–H and O–H groups in total. The molecule has 0 saturated carbocycles. The summed E-state index contributed by atoms with van der Waals surface area (Å²) >= 11 is 3.45. The van der Waals surface area contributed by atoms with Gasteiger partial charge in [0.15, 0.2) is 0 Å². The van der Waals surface area contributed by atoms with Crippen LogP contribution in [0.1, 0.15) is 16.1 Å². The standard InChI is InChI=1S/C16H17BrN4O/c1-12-10-15(19-11-18-12)20-6-8-21(9-7-20)16(22)13-4-2-3-5-14(13)17/h2-5,10-11H,6-9H2,1H3. The van der Waals surface area contributed by atoms with Crippen LogP contribution in [0.25, 0.3) is 0 Å². The van der Waals surface area contributed by atoms with Crippen molar-refractivity contribution < 1.29 is 4.79 Å². The molecule has 0 unspecified atom stereocenters. The minimum atomic E-state index is 0.0750. The molecule has 114 valence electrons. The van der Waals surface area contributed by atoms with Crippen LogP contribution in [0, 0.1) is 6.92 Å². The van der Waals surface area contributed by atoms with E-state index in [4.69, 9.17) is 0 Å². The van der Waals surface area contributed by atoms with Gasteiger partial charge in [-0.25, -0.2) is 9.97 Å². The fourth-order valence-corrected chi connectivity index (χ4v) is 3.01. The molecule has 1 saturated heterocycles. The third kappa shape index (κ3) is 3.11. The van der Waals surface area contributed by atoms with Crippen molar-refractivity contribution in [2.45, 2.75) is 6.92 Å². The Morgan fingerprint density at radius 2 is 1.86 bits per heavy atom. The number of carbonyl (C=O) groups is 1. The molecule has 6 heteroatoms. The van der Waals surface area contributed by atoms with Gasteiger partial charge in [0.25, 0.3) is 5.91 Å². The van der Waals surface area contributed by atoms with Crippen LogP contribution in [-0.2, 0) is 0 Å². The summed E-state index contributed by atoms with van der Waals surface area (Å²) in [5.74, 6) is 1.01. The molecule has 1 aromatic heterocycles. The molecule has 3 rings (SSSR count). The molecule has 2 aromatic rings. The number of amides is 1. The second-order valence-electron chi connectivity index (χ2n) is 5.28. The molecule has 1 aromatic carbocycles. The predicted molar refractivity (Wildman–Crippen MR) is 89.0 cm³/mol. The number of benzene rings is 1.